The number of hydrogen-bond donors (Lipinski definition) is 1. The van der Waals surface area contributed by atoms with Crippen molar-refractivity contribution in [1.82, 2.24) is 15.4 Å². The summed E-state index contributed by atoms with van der Waals surface area (Å²) in [5, 5.41) is 3.71. The van der Waals surface area contributed by atoms with Gasteiger partial charge in [-0.2, -0.15) is 0 Å². The first-order valence-corrected chi connectivity index (χ1v) is 11.5. The Bertz CT molecular complexity index is 1270. The zero-order valence-electron chi connectivity index (χ0n) is 21.5. The lowest BCUT2D eigenvalue weighted by Crippen LogP contribution is -2.48. The molecule has 200 valence electrons. The average Bonchev–Trinajstić information content (AvgIpc) is 2.88. The molecule has 1 heterocycles. The monoisotopic (exact) mass is 527 g/mol. The molecule has 0 fully saturated rings. The van der Waals surface area contributed by atoms with Gasteiger partial charge in [0.1, 0.15) is 23.2 Å². The molecule has 0 aliphatic rings. The first-order valence-electron chi connectivity index (χ1n) is 11.5. The highest BCUT2D eigenvalue weighted by Crippen LogP contribution is 2.35. The molecule has 0 saturated carbocycles. The molecular weight excluding hydrogens is 500 g/mol. The predicted octanol–water partition coefficient (Wildman–Crippen LogP) is 3.77. The molecular formula is C27H27F2N3O6. The van der Waals surface area contributed by atoms with E-state index in [0.29, 0.717) is 11.1 Å². The third kappa shape index (κ3) is 6.12. The number of nitrogens with one attached hydrogen (secondary N) is 1. The average molecular weight is 528 g/mol. The van der Waals surface area contributed by atoms with Crippen LogP contribution in [0.4, 0.5) is 8.78 Å². The first kappa shape index (κ1) is 28.2. The maximum atomic E-state index is 13.6. The Morgan fingerprint density at radius 1 is 0.974 bits per heavy atom. The van der Waals surface area contributed by atoms with Crippen LogP contribution in [0.25, 0.3) is 0 Å². The number of amides is 1. The van der Waals surface area contributed by atoms with Gasteiger partial charge in [0, 0.05) is 26.2 Å². The van der Waals surface area contributed by atoms with E-state index in [9.17, 15) is 23.2 Å². The third-order valence-corrected chi connectivity index (χ3v) is 5.92. The minimum Gasteiger partial charge on any atom is -0.493 e. The Balaban J connectivity index is 1.83. The maximum absolute atomic E-state index is 13.6. The van der Waals surface area contributed by atoms with Gasteiger partial charge < -0.3 is 19.6 Å². The molecule has 0 spiro atoms. The SMILES string of the molecule is COc1ccnc(C(=O)N[C@@H](C)C(=O)ON(C)C(C)(c2ccc(F)cc2)c2ccc(F)cc2)c1OC(C)=O. The minimum atomic E-state index is -1.17. The topological polar surface area (TPSA) is 107 Å². The van der Waals surface area contributed by atoms with Crippen molar-refractivity contribution >= 4 is 17.8 Å². The summed E-state index contributed by atoms with van der Waals surface area (Å²) in [5.74, 6) is -3.35. The van der Waals surface area contributed by atoms with E-state index in [2.05, 4.69) is 10.3 Å². The first-order chi connectivity index (χ1) is 18.0. The fourth-order valence-electron chi connectivity index (χ4n) is 3.70. The Kier molecular flexibility index (Phi) is 8.74. The van der Waals surface area contributed by atoms with E-state index in [0.717, 1.165) is 6.92 Å². The number of carbonyl (C=O) groups excluding carboxylic acids is 3. The second kappa shape index (κ2) is 11.8. The van der Waals surface area contributed by atoms with Gasteiger partial charge in [-0.25, -0.2) is 18.6 Å². The zero-order valence-corrected chi connectivity index (χ0v) is 21.5. The molecule has 3 rings (SSSR count). The lowest BCUT2D eigenvalue weighted by Gasteiger charge is -2.38. The van der Waals surface area contributed by atoms with Crippen LogP contribution in [0.15, 0.2) is 60.8 Å². The molecule has 0 bridgehead atoms. The van der Waals surface area contributed by atoms with Crippen LogP contribution in [-0.2, 0) is 20.0 Å². The molecule has 3 aromatic rings. The fourth-order valence-corrected chi connectivity index (χ4v) is 3.70. The van der Waals surface area contributed by atoms with Crippen molar-refractivity contribution in [3.05, 3.63) is 89.2 Å². The number of hydroxylamine groups is 2. The normalized spacial score (nSPS) is 12.0. The van der Waals surface area contributed by atoms with E-state index in [1.54, 1.807) is 6.92 Å². The van der Waals surface area contributed by atoms with Crippen LogP contribution in [0.5, 0.6) is 11.5 Å². The number of hydrogen-bond acceptors (Lipinski definition) is 8. The van der Waals surface area contributed by atoms with Crippen molar-refractivity contribution in [2.45, 2.75) is 32.4 Å². The van der Waals surface area contributed by atoms with Crippen molar-refractivity contribution in [2.24, 2.45) is 0 Å². The Labute approximate surface area is 218 Å². The second-order valence-corrected chi connectivity index (χ2v) is 8.47. The summed E-state index contributed by atoms with van der Waals surface area (Å²) in [6, 6.07) is 11.4. The largest absolute Gasteiger partial charge is 0.493 e. The molecule has 1 aromatic heterocycles. The van der Waals surface area contributed by atoms with Gasteiger partial charge in [0.15, 0.2) is 11.4 Å². The molecule has 38 heavy (non-hydrogen) atoms. The van der Waals surface area contributed by atoms with Crippen LogP contribution < -0.4 is 14.8 Å². The van der Waals surface area contributed by atoms with E-state index in [-0.39, 0.29) is 17.2 Å². The number of ether oxygens (including phenoxy) is 2. The Morgan fingerprint density at radius 3 is 1.97 bits per heavy atom. The van der Waals surface area contributed by atoms with Crippen molar-refractivity contribution < 1.29 is 37.5 Å². The molecule has 1 amide bonds. The van der Waals surface area contributed by atoms with E-state index in [1.165, 1.54) is 86.9 Å². The van der Waals surface area contributed by atoms with Crippen molar-refractivity contribution in [3.63, 3.8) is 0 Å². The Hall–Kier alpha value is -4.38. The summed E-state index contributed by atoms with van der Waals surface area (Å²) in [7, 11) is 2.82. The second-order valence-electron chi connectivity index (χ2n) is 8.47. The van der Waals surface area contributed by atoms with Gasteiger partial charge >= 0.3 is 11.9 Å². The van der Waals surface area contributed by atoms with Crippen LogP contribution in [0.1, 0.15) is 42.4 Å². The van der Waals surface area contributed by atoms with Crippen LogP contribution in [0.3, 0.4) is 0 Å². The van der Waals surface area contributed by atoms with Crippen molar-refractivity contribution in [2.75, 3.05) is 14.2 Å². The van der Waals surface area contributed by atoms with Gasteiger partial charge in [0.05, 0.1) is 7.11 Å². The third-order valence-electron chi connectivity index (χ3n) is 5.92. The highest BCUT2D eigenvalue weighted by atomic mass is 19.1. The van der Waals surface area contributed by atoms with Gasteiger partial charge in [-0.1, -0.05) is 24.3 Å². The summed E-state index contributed by atoms with van der Waals surface area (Å²) in [6.07, 6.45) is 1.29. The van der Waals surface area contributed by atoms with E-state index in [4.69, 9.17) is 14.3 Å². The standard InChI is InChI=1S/C27H27F2N3O6/c1-16(31-25(34)23-24(37-17(2)33)22(36-5)14-15-30-23)26(35)38-32(4)27(3,18-6-10-20(28)11-7-18)19-8-12-21(29)13-9-19/h6-16H,1-5H3,(H,31,34)/t16-/m0/s1. The van der Waals surface area contributed by atoms with Crippen LogP contribution in [0.2, 0.25) is 0 Å². The summed E-state index contributed by atoms with van der Waals surface area (Å²) in [4.78, 5) is 47.0. The molecule has 9 nitrogen and oxygen atoms in total. The molecule has 0 aliphatic heterocycles. The number of carbonyl (C=O) groups is 3. The van der Waals surface area contributed by atoms with Gasteiger partial charge in [-0.05, 0) is 49.2 Å². The number of benzene rings is 2. The number of esters is 1. The summed E-state index contributed by atoms with van der Waals surface area (Å²) in [6.45, 7) is 4.27. The van der Waals surface area contributed by atoms with Gasteiger partial charge in [0.2, 0.25) is 5.75 Å². The van der Waals surface area contributed by atoms with Crippen LogP contribution >= 0.6 is 0 Å². The van der Waals surface area contributed by atoms with Crippen molar-refractivity contribution in [1.29, 1.82) is 0 Å². The predicted molar refractivity (Wildman–Crippen MR) is 132 cm³/mol. The maximum Gasteiger partial charge on any atom is 0.347 e. The molecule has 0 radical (unpaired) electrons. The number of halogens is 2. The number of rotatable bonds is 9. The molecule has 0 unspecified atom stereocenters. The number of aromatic nitrogens is 1. The number of nitrogens with zero attached hydrogens (tertiary/aromatic N) is 2. The zero-order chi connectivity index (χ0) is 28.0. The quantitative estimate of drug-likeness (QED) is 0.331. The highest BCUT2D eigenvalue weighted by molar-refractivity contribution is 5.98. The van der Waals surface area contributed by atoms with E-state index in [1.807, 2.05) is 0 Å². The summed E-state index contributed by atoms with van der Waals surface area (Å²) < 4.78 is 37.5. The minimum absolute atomic E-state index is 0.102. The van der Waals surface area contributed by atoms with Crippen molar-refractivity contribution in [3.8, 4) is 11.5 Å². The van der Waals surface area contributed by atoms with Crippen LogP contribution in [-0.4, -0.2) is 48.1 Å². The molecule has 2 aromatic carbocycles. The van der Waals surface area contributed by atoms with Gasteiger partial charge in [-0.15, -0.1) is 5.06 Å². The molecule has 1 N–H and O–H groups in total. The van der Waals surface area contributed by atoms with Crippen LogP contribution in [0, 0.1) is 11.6 Å². The number of methoxy groups -OCH3 is 1. The van der Waals surface area contributed by atoms with Gasteiger partial charge in [-0.3, -0.25) is 9.59 Å². The molecule has 1 atom stereocenters. The smallest absolute Gasteiger partial charge is 0.347 e. The molecule has 11 heteroatoms. The molecule has 0 aliphatic carbocycles. The van der Waals surface area contributed by atoms with E-state index >= 15 is 0 Å². The Morgan fingerprint density at radius 2 is 1.50 bits per heavy atom. The lowest BCUT2D eigenvalue weighted by molar-refractivity contribution is -0.207. The summed E-state index contributed by atoms with van der Waals surface area (Å²) in [5.41, 5.74) is -0.305. The van der Waals surface area contributed by atoms with Gasteiger partial charge in [0.25, 0.3) is 5.91 Å². The number of pyridine rings is 1. The molecule has 0 saturated heterocycles. The summed E-state index contributed by atoms with van der Waals surface area (Å²) >= 11 is 0. The highest BCUT2D eigenvalue weighted by Gasteiger charge is 2.37. The lowest BCUT2D eigenvalue weighted by atomic mass is 9.84. The fraction of sp³-hybridized carbons (Fsp3) is 0.259. The van der Waals surface area contributed by atoms with E-state index < -0.39 is 41.1 Å².